The number of carbonyl (C=O) groups is 1. The highest BCUT2D eigenvalue weighted by molar-refractivity contribution is 7.91. The summed E-state index contributed by atoms with van der Waals surface area (Å²) in [6.45, 7) is 4.73. The van der Waals surface area contributed by atoms with Crippen molar-refractivity contribution in [2.24, 2.45) is 0 Å². The van der Waals surface area contributed by atoms with Gasteiger partial charge in [0.05, 0.1) is 17.5 Å². The molecule has 1 atom stereocenters. The van der Waals surface area contributed by atoms with E-state index in [1.165, 1.54) is 5.56 Å². The van der Waals surface area contributed by atoms with E-state index in [0.29, 0.717) is 18.7 Å². The molecule has 3 heterocycles. The van der Waals surface area contributed by atoms with Gasteiger partial charge in [0.2, 0.25) is 0 Å². The van der Waals surface area contributed by atoms with Crippen molar-refractivity contribution in [1.29, 1.82) is 0 Å². The van der Waals surface area contributed by atoms with Crippen molar-refractivity contribution >= 4 is 21.4 Å². The number of fused-ring (bicyclic) bond motifs is 1. The van der Waals surface area contributed by atoms with Crippen LogP contribution in [0.4, 0.5) is 5.69 Å². The van der Waals surface area contributed by atoms with Crippen LogP contribution < -0.4 is 4.90 Å². The van der Waals surface area contributed by atoms with Gasteiger partial charge < -0.3 is 4.90 Å². The summed E-state index contributed by atoms with van der Waals surface area (Å²) in [4.78, 5) is 14.8. The smallest absolute Gasteiger partial charge is 0.278 e. The van der Waals surface area contributed by atoms with E-state index in [1.807, 2.05) is 44.2 Å². The van der Waals surface area contributed by atoms with Crippen molar-refractivity contribution in [3.8, 4) is 0 Å². The molecule has 0 bridgehead atoms. The maximum atomic E-state index is 13.1. The predicted molar refractivity (Wildman–Crippen MR) is 100 cm³/mol. The van der Waals surface area contributed by atoms with Crippen LogP contribution >= 0.6 is 0 Å². The Morgan fingerprint density at radius 1 is 1.27 bits per heavy atom. The molecular formula is C19H23N3O3S. The highest BCUT2D eigenvalue weighted by Gasteiger charge is 2.33. The van der Waals surface area contributed by atoms with Gasteiger partial charge in [0, 0.05) is 17.9 Å². The first-order chi connectivity index (χ1) is 12.4. The largest absolute Gasteiger partial charge is 0.306 e. The zero-order chi connectivity index (χ0) is 18.5. The van der Waals surface area contributed by atoms with Crippen LogP contribution in [0, 0.1) is 0 Å². The van der Waals surface area contributed by atoms with Crippen molar-refractivity contribution in [1.82, 2.24) is 9.78 Å². The molecule has 0 aliphatic carbocycles. The van der Waals surface area contributed by atoms with E-state index >= 15 is 0 Å². The molecule has 26 heavy (non-hydrogen) atoms. The molecule has 6 nitrogen and oxygen atoms in total. The Balaban J connectivity index is 1.68. The number of sulfone groups is 1. The lowest BCUT2D eigenvalue weighted by atomic mass is 10.1. The normalized spacial score (nSPS) is 21.3. The molecule has 2 aliphatic heterocycles. The molecule has 0 unspecified atom stereocenters. The molecule has 0 N–H and O–H groups in total. The summed E-state index contributed by atoms with van der Waals surface area (Å²) in [6.07, 6.45) is 1.41. The molecule has 2 aromatic rings. The molecule has 1 aromatic carbocycles. The third kappa shape index (κ3) is 2.94. The Hall–Kier alpha value is -2.15. The third-order valence-corrected chi connectivity index (χ3v) is 7.01. The topological polar surface area (TPSA) is 72.3 Å². The van der Waals surface area contributed by atoms with E-state index in [0.717, 1.165) is 17.8 Å². The van der Waals surface area contributed by atoms with E-state index in [4.69, 9.17) is 0 Å². The van der Waals surface area contributed by atoms with Gasteiger partial charge in [-0.05, 0) is 36.5 Å². The molecule has 4 rings (SSSR count). The minimum Gasteiger partial charge on any atom is -0.306 e. The van der Waals surface area contributed by atoms with Crippen molar-refractivity contribution in [2.45, 2.75) is 38.6 Å². The zero-order valence-corrected chi connectivity index (χ0v) is 15.9. The Kier molecular flexibility index (Phi) is 4.14. The number of hydrogen-bond donors (Lipinski definition) is 0. The van der Waals surface area contributed by atoms with Crippen LogP contribution in [0.3, 0.4) is 0 Å². The second-order valence-electron chi connectivity index (χ2n) is 7.45. The average molecular weight is 373 g/mol. The average Bonchev–Trinajstić information content (AvgIpc) is 3.29. The number of anilines is 1. The molecular weight excluding hydrogens is 350 g/mol. The van der Waals surface area contributed by atoms with E-state index in [1.54, 1.807) is 9.58 Å². The van der Waals surface area contributed by atoms with Crippen LogP contribution in [0.25, 0.3) is 0 Å². The second-order valence-corrected chi connectivity index (χ2v) is 9.67. The lowest BCUT2D eigenvalue weighted by Gasteiger charge is -2.16. The SMILES string of the molecule is CC(C)c1cc(C(=O)N2CCc3ccccc32)nn1[C@H]1CCS(=O)(=O)C1. The number of para-hydroxylation sites is 1. The lowest BCUT2D eigenvalue weighted by molar-refractivity contribution is 0.0983. The number of rotatable bonds is 3. The summed E-state index contributed by atoms with van der Waals surface area (Å²) in [7, 11) is -3.01. The number of hydrogen-bond acceptors (Lipinski definition) is 4. The van der Waals surface area contributed by atoms with Crippen LogP contribution in [0.1, 0.15) is 54.0 Å². The number of nitrogens with zero attached hydrogens (tertiary/aromatic N) is 3. The summed E-state index contributed by atoms with van der Waals surface area (Å²) in [5.41, 5.74) is 3.44. The minimum atomic E-state index is -3.01. The minimum absolute atomic E-state index is 0.106. The Morgan fingerprint density at radius 2 is 2.04 bits per heavy atom. The fourth-order valence-electron chi connectivity index (χ4n) is 3.89. The summed E-state index contributed by atoms with van der Waals surface area (Å²) >= 11 is 0. The van der Waals surface area contributed by atoms with Crippen LogP contribution in [0.5, 0.6) is 0 Å². The van der Waals surface area contributed by atoms with Crippen LogP contribution in [-0.2, 0) is 16.3 Å². The first kappa shape index (κ1) is 17.3. The maximum Gasteiger partial charge on any atom is 0.278 e. The van der Waals surface area contributed by atoms with Gasteiger partial charge >= 0.3 is 0 Å². The lowest BCUT2D eigenvalue weighted by Crippen LogP contribution is -2.29. The van der Waals surface area contributed by atoms with Gasteiger partial charge in [0.15, 0.2) is 15.5 Å². The van der Waals surface area contributed by atoms with Gasteiger partial charge in [0.1, 0.15) is 0 Å². The van der Waals surface area contributed by atoms with E-state index < -0.39 is 9.84 Å². The first-order valence-corrected chi connectivity index (χ1v) is 10.9. The monoisotopic (exact) mass is 373 g/mol. The van der Waals surface area contributed by atoms with Crippen molar-refractivity contribution in [3.63, 3.8) is 0 Å². The molecule has 138 valence electrons. The fraction of sp³-hybridized carbons (Fsp3) is 0.474. The van der Waals surface area contributed by atoms with E-state index in [-0.39, 0.29) is 29.4 Å². The van der Waals surface area contributed by atoms with Crippen molar-refractivity contribution in [3.05, 3.63) is 47.3 Å². The molecule has 0 radical (unpaired) electrons. The Bertz CT molecular complexity index is 962. The van der Waals surface area contributed by atoms with Crippen LogP contribution in [0.2, 0.25) is 0 Å². The number of benzene rings is 1. The second kappa shape index (κ2) is 6.23. The zero-order valence-electron chi connectivity index (χ0n) is 15.1. The number of carbonyl (C=O) groups excluding carboxylic acids is 1. The summed E-state index contributed by atoms with van der Waals surface area (Å²) < 4.78 is 25.5. The van der Waals surface area contributed by atoms with Crippen molar-refractivity contribution < 1.29 is 13.2 Å². The van der Waals surface area contributed by atoms with Gasteiger partial charge in [-0.25, -0.2) is 8.42 Å². The molecule has 0 saturated carbocycles. The van der Waals surface area contributed by atoms with E-state index in [2.05, 4.69) is 5.10 Å². The standard InChI is InChI=1S/C19H23N3O3S/c1-13(2)18-11-16(20-22(18)15-8-10-26(24,25)12-15)19(23)21-9-7-14-5-3-4-6-17(14)21/h3-6,11,13,15H,7-10,12H2,1-2H3/t15-/m0/s1. The Labute approximate surface area is 153 Å². The fourth-order valence-corrected chi connectivity index (χ4v) is 5.58. The molecule has 1 amide bonds. The van der Waals surface area contributed by atoms with Gasteiger partial charge in [-0.1, -0.05) is 32.0 Å². The quantitative estimate of drug-likeness (QED) is 0.829. The maximum absolute atomic E-state index is 13.1. The van der Waals surface area contributed by atoms with Crippen molar-refractivity contribution in [2.75, 3.05) is 23.0 Å². The van der Waals surface area contributed by atoms with Crippen LogP contribution in [-0.4, -0.2) is 42.2 Å². The Morgan fingerprint density at radius 3 is 2.73 bits per heavy atom. The predicted octanol–water partition coefficient (Wildman–Crippen LogP) is 2.57. The van der Waals surface area contributed by atoms with Gasteiger partial charge in [-0.15, -0.1) is 0 Å². The van der Waals surface area contributed by atoms with Gasteiger partial charge in [0.25, 0.3) is 5.91 Å². The highest BCUT2D eigenvalue weighted by Crippen LogP contribution is 2.31. The number of amides is 1. The summed E-state index contributed by atoms with van der Waals surface area (Å²) in [6, 6.07) is 9.59. The molecule has 1 fully saturated rings. The number of aromatic nitrogens is 2. The van der Waals surface area contributed by atoms with Crippen LogP contribution in [0.15, 0.2) is 30.3 Å². The molecule has 7 heteroatoms. The molecule has 2 aliphatic rings. The third-order valence-electron chi connectivity index (χ3n) is 5.26. The first-order valence-electron chi connectivity index (χ1n) is 9.05. The molecule has 1 aromatic heterocycles. The molecule has 1 saturated heterocycles. The highest BCUT2D eigenvalue weighted by atomic mass is 32.2. The molecule has 0 spiro atoms. The summed E-state index contributed by atoms with van der Waals surface area (Å²) in [5, 5.41) is 4.56. The van der Waals surface area contributed by atoms with Gasteiger partial charge in [-0.2, -0.15) is 5.10 Å². The van der Waals surface area contributed by atoms with E-state index in [9.17, 15) is 13.2 Å². The summed E-state index contributed by atoms with van der Waals surface area (Å²) in [5.74, 6) is 0.349. The van der Waals surface area contributed by atoms with Gasteiger partial charge in [-0.3, -0.25) is 9.48 Å².